The molecule has 0 radical (unpaired) electrons. The van der Waals surface area contributed by atoms with Gasteiger partial charge < -0.3 is 9.47 Å². The van der Waals surface area contributed by atoms with E-state index in [1.165, 1.54) is 24.4 Å². The highest BCUT2D eigenvalue weighted by Gasteiger charge is 2.25. The molecule has 1 fully saturated rings. The van der Waals surface area contributed by atoms with Crippen molar-refractivity contribution < 1.29 is 12.8 Å². The van der Waals surface area contributed by atoms with Crippen molar-refractivity contribution >= 4 is 26.4 Å². The summed E-state index contributed by atoms with van der Waals surface area (Å²) < 4.78 is 42.8. The molecule has 1 aromatic heterocycles. The highest BCUT2D eigenvalue weighted by molar-refractivity contribution is 7.91. The monoisotopic (exact) mass is 428 g/mol. The zero-order chi connectivity index (χ0) is 21.5. The minimum absolute atomic E-state index is 0.0570. The molecule has 5 nitrogen and oxygen atoms in total. The summed E-state index contributed by atoms with van der Waals surface area (Å²) in [6.45, 7) is 3.53. The molecule has 1 saturated heterocycles. The lowest BCUT2D eigenvalue weighted by atomic mass is 10.1. The lowest BCUT2D eigenvalue weighted by Crippen LogP contribution is -2.30. The van der Waals surface area contributed by atoms with Crippen molar-refractivity contribution in [2.75, 3.05) is 18.0 Å². The summed E-state index contributed by atoms with van der Waals surface area (Å²) >= 11 is 0. The lowest BCUT2D eigenvalue weighted by molar-refractivity contribution is 0.557. The molecule has 0 saturated carbocycles. The van der Waals surface area contributed by atoms with Crippen LogP contribution in [0, 0.1) is 5.82 Å². The first kappa shape index (κ1) is 20.6. The van der Waals surface area contributed by atoms with Gasteiger partial charge in [-0.05, 0) is 55.5 Å². The molecule has 3 aromatic rings. The molecule has 0 bridgehead atoms. The second-order valence-corrected chi connectivity index (χ2v) is 9.72. The quantitative estimate of drug-likeness (QED) is 0.629. The van der Waals surface area contributed by atoms with E-state index >= 15 is 0 Å². The Balaban J connectivity index is 1.86. The number of aromatic nitrogens is 1. The van der Waals surface area contributed by atoms with Gasteiger partial charge in [0.05, 0.1) is 21.5 Å². The van der Waals surface area contributed by atoms with Gasteiger partial charge in [-0.3, -0.25) is 4.79 Å². The van der Waals surface area contributed by atoms with Gasteiger partial charge in [-0.15, -0.1) is 0 Å². The smallest absolute Gasteiger partial charge is 0.211 e. The van der Waals surface area contributed by atoms with Gasteiger partial charge in [-0.25, -0.2) is 12.8 Å². The Labute approximate surface area is 175 Å². The molecule has 7 heteroatoms. The van der Waals surface area contributed by atoms with Crippen LogP contribution in [0.1, 0.15) is 31.7 Å². The third-order valence-corrected chi connectivity index (χ3v) is 7.62. The maximum atomic E-state index is 14.9. The average Bonchev–Trinajstić information content (AvgIpc) is 2.76. The number of fused-ring (bicyclic) bond motifs is 1. The van der Waals surface area contributed by atoms with Crippen LogP contribution in [0.15, 0.2) is 57.2 Å². The van der Waals surface area contributed by atoms with Gasteiger partial charge >= 0.3 is 0 Å². The molecule has 0 spiro atoms. The van der Waals surface area contributed by atoms with Gasteiger partial charge in [0.15, 0.2) is 0 Å². The predicted octanol–water partition coefficient (Wildman–Crippen LogP) is 4.06. The van der Waals surface area contributed by atoms with E-state index in [0.717, 1.165) is 44.3 Å². The summed E-state index contributed by atoms with van der Waals surface area (Å²) in [5, 5.41) is 0.0713. The second kappa shape index (κ2) is 7.87. The van der Waals surface area contributed by atoms with E-state index in [4.69, 9.17) is 0 Å². The van der Waals surface area contributed by atoms with E-state index in [9.17, 15) is 17.6 Å². The number of piperidine rings is 1. The number of benzene rings is 2. The van der Waals surface area contributed by atoms with E-state index in [1.54, 1.807) is 29.8 Å². The number of anilines is 1. The molecule has 4 rings (SSSR count). The molecular formula is C23H25FN2O3S. The normalized spacial score (nSPS) is 15.0. The number of aryl methyl sites for hydroxylation is 2. The molecule has 2 aromatic carbocycles. The Morgan fingerprint density at radius 2 is 1.70 bits per heavy atom. The Morgan fingerprint density at radius 1 is 1.03 bits per heavy atom. The Morgan fingerprint density at radius 3 is 2.33 bits per heavy atom. The highest BCUT2D eigenvalue weighted by Crippen LogP contribution is 2.28. The first-order chi connectivity index (χ1) is 14.3. The van der Waals surface area contributed by atoms with Gasteiger partial charge in [-0.2, -0.15) is 0 Å². The standard InChI is InChI=1S/C23H25FN2O3S/c1-3-16-7-9-17(10-8-16)30(28,29)22-15-25(2)20-14-21(26-11-5-4-6-12-26)19(24)13-18(20)23(22)27/h7-10,13-15H,3-6,11-12H2,1-2H3. The van der Waals surface area contributed by atoms with Crippen molar-refractivity contribution in [1.82, 2.24) is 4.57 Å². The SMILES string of the molecule is CCc1ccc(S(=O)(=O)c2cn(C)c3cc(N4CCCCC4)c(F)cc3c2=O)cc1. The van der Waals surface area contributed by atoms with Crippen molar-refractivity contribution in [3.63, 3.8) is 0 Å². The third-order valence-electron chi connectivity index (χ3n) is 5.85. The minimum atomic E-state index is -4.02. The lowest BCUT2D eigenvalue weighted by Gasteiger charge is -2.29. The first-order valence-corrected chi connectivity index (χ1v) is 11.7. The molecule has 2 heterocycles. The summed E-state index contributed by atoms with van der Waals surface area (Å²) in [6.07, 6.45) is 5.27. The van der Waals surface area contributed by atoms with Gasteiger partial charge in [-0.1, -0.05) is 19.1 Å². The number of nitrogens with zero attached hydrogens (tertiary/aromatic N) is 2. The number of sulfone groups is 1. The molecule has 0 aliphatic carbocycles. The topological polar surface area (TPSA) is 59.4 Å². The molecule has 0 amide bonds. The molecule has 0 N–H and O–H groups in total. The molecule has 30 heavy (non-hydrogen) atoms. The Bertz CT molecular complexity index is 1260. The molecule has 1 aliphatic rings. The van der Waals surface area contributed by atoms with Crippen LogP contribution in [0.5, 0.6) is 0 Å². The van der Waals surface area contributed by atoms with Crippen LogP contribution in [0.2, 0.25) is 0 Å². The molecule has 0 atom stereocenters. The first-order valence-electron chi connectivity index (χ1n) is 10.2. The predicted molar refractivity (Wildman–Crippen MR) is 116 cm³/mol. The Hall–Kier alpha value is -2.67. The van der Waals surface area contributed by atoms with Crippen molar-refractivity contribution in [2.24, 2.45) is 7.05 Å². The fourth-order valence-electron chi connectivity index (χ4n) is 4.06. The molecular weight excluding hydrogens is 403 g/mol. The van der Waals surface area contributed by atoms with Crippen LogP contribution in [-0.2, 0) is 23.3 Å². The van der Waals surface area contributed by atoms with Crippen molar-refractivity contribution in [3.05, 3.63) is 64.2 Å². The number of hydrogen-bond acceptors (Lipinski definition) is 4. The molecule has 158 valence electrons. The fourth-order valence-corrected chi connectivity index (χ4v) is 5.46. The van der Waals surface area contributed by atoms with E-state index in [1.807, 2.05) is 11.8 Å². The summed E-state index contributed by atoms with van der Waals surface area (Å²) in [5.41, 5.74) is 1.31. The zero-order valence-corrected chi connectivity index (χ0v) is 18.0. The summed E-state index contributed by atoms with van der Waals surface area (Å²) in [5.74, 6) is -0.497. The largest absolute Gasteiger partial charge is 0.369 e. The van der Waals surface area contributed by atoms with Crippen LogP contribution in [0.25, 0.3) is 10.9 Å². The van der Waals surface area contributed by atoms with Gasteiger partial charge in [0.25, 0.3) is 0 Å². The van der Waals surface area contributed by atoms with Crippen LogP contribution in [0.3, 0.4) is 0 Å². The highest BCUT2D eigenvalue weighted by atomic mass is 32.2. The maximum Gasteiger partial charge on any atom is 0.211 e. The van der Waals surface area contributed by atoms with E-state index < -0.39 is 21.1 Å². The van der Waals surface area contributed by atoms with Crippen LogP contribution < -0.4 is 10.3 Å². The number of rotatable bonds is 4. The molecule has 0 unspecified atom stereocenters. The van der Waals surface area contributed by atoms with Gasteiger partial charge in [0.2, 0.25) is 15.3 Å². The van der Waals surface area contributed by atoms with E-state index in [-0.39, 0.29) is 15.2 Å². The van der Waals surface area contributed by atoms with Gasteiger partial charge in [0, 0.05) is 26.3 Å². The number of hydrogen-bond donors (Lipinski definition) is 0. The summed E-state index contributed by atoms with van der Waals surface area (Å²) in [7, 11) is -2.34. The third kappa shape index (κ3) is 3.51. The maximum absolute atomic E-state index is 14.9. The summed E-state index contributed by atoms with van der Waals surface area (Å²) in [6, 6.07) is 9.34. The molecule has 1 aliphatic heterocycles. The van der Waals surface area contributed by atoms with Crippen molar-refractivity contribution in [3.8, 4) is 0 Å². The summed E-state index contributed by atoms with van der Waals surface area (Å²) in [4.78, 5) is 14.8. The fraction of sp³-hybridized carbons (Fsp3) is 0.348. The van der Waals surface area contributed by atoms with Gasteiger partial charge in [0.1, 0.15) is 10.7 Å². The van der Waals surface area contributed by atoms with Crippen molar-refractivity contribution in [1.29, 1.82) is 0 Å². The number of pyridine rings is 1. The zero-order valence-electron chi connectivity index (χ0n) is 17.2. The Kier molecular flexibility index (Phi) is 5.40. The number of halogens is 1. The van der Waals surface area contributed by atoms with E-state index in [2.05, 4.69) is 0 Å². The van der Waals surface area contributed by atoms with Crippen molar-refractivity contribution in [2.45, 2.75) is 42.4 Å². The van der Waals surface area contributed by atoms with Crippen LogP contribution in [0.4, 0.5) is 10.1 Å². The van der Waals surface area contributed by atoms with E-state index in [0.29, 0.717) is 11.2 Å². The second-order valence-electron chi connectivity index (χ2n) is 7.80. The minimum Gasteiger partial charge on any atom is -0.369 e. The van der Waals surface area contributed by atoms with Crippen LogP contribution >= 0.6 is 0 Å². The van der Waals surface area contributed by atoms with Crippen LogP contribution in [-0.4, -0.2) is 26.1 Å². The average molecular weight is 429 g/mol.